The van der Waals surface area contributed by atoms with E-state index in [1.54, 1.807) is 25.3 Å². The Labute approximate surface area is 142 Å². The van der Waals surface area contributed by atoms with Crippen molar-refractivity contribution in [3.63, 3.8) is 0 Å². The first kappa shape index (κ1) is 16.6. The molecule has 0 aliphatic rings. The summed E-state index contributed by atoms with van der Waals surface area (Å²) in [5.41, 5.74) is 3.08. The van der Waals surface area contributed by atoms with Gasteiger partial charge in [0, 0.05) is 15.6 Å². The molecule has 0 aliphatic heterocycles. The molecule has 0 bridgehead atoms. The Morgan fingerprint density at radius 1 is 1.24 bits per heavy atom. The van der Waals surface area contributed by atoms with E-state index in [9.17, 15) is 5.11 Å². The van der Waals surface area contributed by atoms with Gasteiger partial charge < -0.3 is 9.84 Å². The smallest absolute Gasteiger partial charge is 0.128 e. The Kier molecular flexibility index (Phi) is 5.20. The van der Waals surface area contributed by atoms with Crippen LogP contribution in [0.4, 0.5) is 0 Å². The summed E-state index contributed by atoms with van der Waals surface area (Å²) < 4.78 is 6.38. The predicted molar refractivity (Wildman–Crippen MR) is 90.7 cm³/mol. The molecule has 0 spiro atoms. The second kappa shape index (κ2) is 6.57. The summed E-state index contributed by atoms with van der Waals surface area (Å²) in [4.78, 5) is 0. The third-order valence-electron chi connectivity index (χ3n) is 3.46. The van der Waals surface area contributed by atoms with E-state index in [0.29, 0.717) is 26.9 Å². The van der Waals surface area contributed by atoms with Gasteiger partial charge in [0.1, 0.15) is 11.9 Å². The summed E-state index contributed by atoms with van der Waals surface area (Å²) >= 11 is 15.8. The van der Waals surface area contributed by atoms with Crippen molar-refractivity contribution in [3.8, 4) is 5.75 Å². The lowest BCUT2D eigenvalue weighted by atomic mass is 9.94. The summed E-state index contributed by atoms with van der Waals surface area (Å²) in [6, 6.07) is 7.17. The van der Waals surface area contributed by atoms with Crippen LogP contribution in [0.1, 0.15) is 28.4 Å². The second-order valence-corrected chi connectivity index (χ2v) is 6.43. The van der Waals surface area contributed by atoms with Gasteiger partial charge in [-0.05, 0) is 37.1 Å². The zero-order valence-electron chi connectivity index (χ0n) is 11.9. The highest BCUT2D eigenvalue weighted by Crippen LogP contribution is 2.41. The monoisotopic (exact) mass is 388 g/mol. The quantitative estimate of drug-likeness (QED) is 0.754. The van der Waals surface area contributed by atoms with Crippen LogP contribution in [0.15, 0.2) is 28.7 Å². The zero-order valence-corrected chi connectivity index (χ0v) is 15.0. The summed E-state index contributed by atoms with van der Waals surface area (Å²) in [5, 5.41) is 11.6. The molecule has 2 aromatic rings. The molecule has 21 heavy (non-hydrogen) atoms. The van der Waals surface area contributed by atoms with Crippen molar-refractivity contribution in [2.75, 3.05) is 7.11 Å². The number of aliphatic hydroxyl groups excluding tert-OH is 1. The van der Waals surface area contributed by atoms with Gasteiger partial charge in [0.25, 0.3) is 0 Å². The van der Waals surface area contributed by atoms with E-state index in [1.807, 2.05) is 19.9 Å². The molecule has 0 aromatic heterocycles. The number of rotatable bonds is 3. The number of halogens is 3. The maximum absolute atomic E-state index is 10.8. The molecule has 0 amide bonds. The normalized spacial score (nSPS) is 12.3. The number of methoxy groups -OCH3 is 1. The lowest BCUT2D eigenvalue weighted by molar-refractivity contribution is 0.213. The Morgan fingerprint density at radius 3 is 2.52 bits per heavy atom. The highest BCUT2D eigenvalue weighted by molar-refractivity contribution is 9.10. The molecule has 0 saturated heterocycles. The number of aryl methyl sites for hydroxylation is 1. The number of aliphatic hydroxyl groups is 1. The standard InChI is InChI=1S/C16H15BrCl2O2/c1-8-7-11(17)9(2)13(16(8)21-3)15(20)10-5-4-6-12(18)14(10)19/h4-7,15,20H,1-3H3. The van der Waals surface area contributed by atoms with Crippen molar-refractivity contribution >= 4 is 39.1 Å². The Morgan fingerprint density at radius 2 is 1.90 bits per heavy atom. The molecule has 1 N–H and O–H groups in total. The van der Waals surface area contributed by atoms with Crippen molar-refractivity contribution in [3.05, 3.63) is 61.0 Å². The van der Waals surface area contributed by atoms with Gasteiger partial charge in [-0.3, -0.25) is 0 Å². The number of hydrogen-bond acceptors (Lipinski definition) is 2. The van der Waals surface area contributed by atoms with Crippen LogP contribution in [0.2, 0.25) is 10.0 Å². The topological polar surface area (TPSA) is 29.5 Å². The number of hydrogen-bond donors (Lipinski definition) is 1. The highest BCUT2D eigenvalue weighted by atomic mass is 79.9. The maximum atomic E-state index is 10.8. The van der Waals surface area contributed by atoms with E-state index in [4.69, 9.17) is 27.9 Å². The maximum Gasteiger partial charge on any atom is 0.128 e. The first-order chi connectivity index (χ1) is 9.88. The van der Waals surface area contributed by atoms with Gasteiger partial charge >= 0.3 is 0 Å². The van der Waals surface area contributed by atoms with Gasteiger partial charge in [0.15, 0.2) is 0 Å². The van der Waals surface area contributed by atoms with Crippen molar-refractivity contribution in [2.45, 2.75) is 20.0 Å². The molecule has 2 nitrogen and oxygen atoms in total. The van der Waals surface area contributed by atoms with E-state index in [0.717, 1.165) is 15.6 Å². The van der Waals surface area contributed by atoms with Gasteiger partial charge in [0.05, 0.1) is 17.2 Å². The number of ether oxygens (including phenoxy) is 1. The second-order valence-electron chi connectivity index (χ2n) is 4.79. The lowest BCUT2D eigenvalue weighted by Gasteiger charge is -2.21. The summed E-state index contributed by atoms with van der Waals surface area (Å²) in [6.07, 6.45) is -0.914. The van der Waals surface area contributed by atoms with Gasteiger partial charge in [-0.15, -0.1) is 0 Å². The van der Waals surface area contributed by atoms with Crippen LogP contribution >= 0.6 is 39.1 Å². The van der Waals surface area contributed by atoms with Crippen molar-refractivity contribution in [1.29, 1.82) is 0 Å². The van der Waals surface area contributed by atoms with E-state index < -0.39 is 6.10 Å². The molecule has 0 saturated carbocycles. The molecule has 1 unspecified atom stereocenters. The summed E-state index contributed by atoms with van der Waals surface area (Å²) in [5.74, 6) is 0.652. The first-order valence-corrected chi connectivity index (χ1v) is 7.89. The fourth-order valence-electron chi connectivity index (χ4n) is 2.36. The molecule has 0 heterocycles. The van der Waals surface area contributed by atoms with Crippen LogP contribution < -0.4 is 4.74 Å². The van der Waals surface area contributed by atoms with E-state index in [2.05, 4.69) is 15.9 Å². The molecule has 112 valence electrons. The molecule has 2 rings (SSSR count). The minimum Gasteiger partial charge on any atom is -0.496 e. The zero-order chi connectivity index (χ0) is 15.7. The molecule has 1 atom stereocenters. The van der Waals surface area contributed by atoms with Crippen molar-refractivity contribution in [1.82, 2.24) is 0 Å². The molecular weight excluding hydrogens is 375 g/mol. The van der Waals surface area contributed by atoms with Crippen molar-refractivity contribution < 1.29 is 9.84 Å². The summed E-state index contributed by atoms with van der Waals surface area (Å²) in [6.45, 7) is 3.85. The molecule has 0 fully saturated rings. The third kappa shape index (κ3) is 3.07. The number of benzene rings is 2. The van der Waals surface area contributed by atoms with Crippen LogP contribution in [-0.4, -0.2) is 12.2 Å². The van der Waals surface area contributed by atoms with E-state index in [-0.39, 0.29) is 0 Å². The SMILES string of the molecule is COc1c(C)cc(Br)c(C)c1C(O)c1cccc(Cl)c1Cl. The molecule has 0 radical (unpaired) electrons. The van der Waals surface area contributed by atoms with Crippen LogP contribution in [-0.2, 0) is 0 Å². The molecule has 0 aliphatic carbocycles. The fourth-order valence-corrected chi connectivity index (χ4v) is 3.33. The van der Waals surface area contributed by atoms with Crippen molar-refractivity contribution in [2.24, 2.45) is 0 Å². The Bertz CT molecular complexity index is 686. The molecule has 5 heteroatoms. The van der Waals surface area contributed by atoms with Crippen LogP contribution in [0.3, 0.4) is 0 Å². The van der Waals surface area contributed by atoms with Gasteiger partial charge in [-0.2, -0.15) is 0 Å². The van der Waals surface area contributed by atoms with Gasteiger partial charge in [0.2, 0.25) is 0 Å². The Balaban J connectivity index is 2.68. The highest BCUT2D eigenvalue weighted by Gasteiger charge is 2.23. The fraction of sp³-hybridized carbons (Fsp3) is 0.250. The minimum atomic E-state index is -0.914. The van der Waals surface area contributed by atoms with E-state index in [1.165, 1.54) is 0 Å². The van der Waals surface area contributed by atoms with Gasteiger partial charge in [-0.25, -0.2) is 0 Å². The Hall–Kier alpha value is -0.740. The van der Waals surface area contributed by atoms with Crippen LogP contribution in [0.25, 0.3) is 0 Å². The molecule has 2 aromatic carbocycles. The predicted octanol–water partition coefficient (Wildman–Crippen LogP) is 5.46. The van der Waals surface area contributed by atoms with Crippen LogP contribution in [0.5, 0.6) is 5.75 Å². The van der Waals surface area contributed by atoms with Gasteiger partial charge in [-0.1, -0.05) is 51.3 Å². The summed E-state index contributed by atoms with van der Waals surface area (Å²) in [7, 11) is 1.59. The third-order valence-corrected chi connectivity index (χ3v) is 5.12. The lowest BCUT2D eigenvalue weighted by Crippen LogP contribution is -2.07. The van der Waals surface area contributed by atoms with E-state index >= 15 is 0 Å². The molecular formula is C16H15BrCl2O2. The average molecular weight is 390 g/mol. The van der Waals surface area contributed by atoms with Crippen LogP contribution in [0, 0.1) is 13.8 Å². The first-order valence-electron chi connectivity index (χ1n) is 6.34. The largest absolute Gasteiger partial charge is 0.496 e. The average Bonchev–Trinajstić information content (AvgIpc) is 2.44. The minimum absolute atomic E-state index is 0.353.